The van der Waals surface area contributed by atoms with Gasteiger partial charge in [0.15, 0.2) is 0 Å². The molecule has 1 N–H and O–H groups in total. The second kappa shape index (κ2) is 4.43. The molecule has 6 heteroatoms. The lowest BCUT2D eigenvalue weighted by Gasteiger charge is -2.30. The Morgan fingerprint density at radius 2 is 2.25 bits per heavy atom. The molecule has 1 aliphatic rings. The number of nitrogens with one attached hydrogen (secondary N) is 1. The molecule has 86 valence electrons. The standard InChI is InChI=1S/C10H11ClN2O2S/c1-13(9-5-3-7(11)16-9)6-2-4-8(14)12-10(6)15/h3,5-6H,2,4H2,1H3,(H,12,14,15). The molecule has 1 saturated heterocycles. The zero-order valence-electron chi connectivity index (χ0n) is 8.70. The minimum absolute atomic E-state index is 0.195. The molecule has 0 aliphatic carbocycles. The Morgan fingerprint density at radius 1 is 1.50 bits per heavy atom. The second-order valence-electron chi connectivity index (χ2n) is 3.66. The first kappa shape index (κ1) is 11.4. The maximum atomic E-state index is 11.6. The number of nitrogens with zero attached hydrogens (tertiary/aromatic N) is 1. The molecule has 0 radical (unpaired) electrons. The fraction of sp³-hybridized carbons (Fsp3) is 0.400. The molecule has 0 saturated carbocycles. The smallest absolute Gasteiger partial charge is 0.249 e. The molecule has 2 amide bonds. The molecule has 2 heterocycles. The van der Waals surface area contributed by atoms with Crippen LogP contribution in [-0.2, 0) is 9.59 Å². The van der Waals surface area contributed by atoms with E-state index in [2.05, 4.69) is 5.32 Å². The molecule has 0 bridgehead atoms. The average molecular weight is 259 g/mol. The number of hydrogen-bond donors (Lipinski definition) is 1. The van der Waals surface area contributed by atoms with Crippen molar-refractivity contribution in [2.45, 2.75) is 18.9 Å². The summed E-state index contributed by atoms with van der Waals surface area (Å²) in [5.74, 6) is -0.429. The Bertz CT molecular complexity index is 432. The second-order valence-corrected chi connectivity index (χ2v) is 5.35. The van der Waals surface area contributed by atoms with Gasteiger partial charge in [0.1, 0.15) is 6.04 Å². The van der Waals surface area contributed by atoms with E-state index in [0.717, 1.165) is 5.00 Å². The van der Waals surface area contributed by atoms with Gasteiger partial charge in [-0.3, -0.25) is 14.9 Å². The molecule has 4 nitrogen and oxygen atoms in total. The van der Waals surface area contributed by atoms with Gasteiger partial charge in [0.25, 0.3) is 0 Å². The number of halogens is 1. The number of amides is 2. The van der Waals surface area contributed by atoms with Crippen LogP contribution >= 0.6 is 22.9 Å². The van der Waals surface area contributed by atoms with Crippen molar-refractivity contribution in [2.24, 2.45) is 0 Å². The van der Waals surface area contributed by atoms with Crippen molar-refractivity contribution in [3.63, 3.8) is 0 Å². The van der Waals surface area contributed by atoms with Gasteiger partial charge in [0.05, 0.1) is 9.34 Å². The minimum atomic E-state index is -0.285. The number of thiophene rings is 1. The highest BCUT2D eigenvalue weighted by Gasteiger charge is 2.30. The van der Waals surface area contributed by atoms with E-state index >= 15 is 0 Å². The van der Waals surface area contributed by atoms with Crippen molar-refractivity contribution in [3.8, 4) is 0 Å². The van der Waals surface area contributed by atoms with E-state index in [1.807, 2.05) is 18.0 Å². The van der Waals surface area contributed by atoms with Crippen molar-refractivity contribution in [2.75, 3.05) is 11.9 Å². The van der Waals surface area contributed by atoms with Crippen LogP contribution in [0.15, 0.2) is 12.1 Å². The van der Waals surface area contributed by atoms with Crippen molar-refractivity contribution in [1.82, 2.24) is 5.32 Å². The third-order valence-corrected chi connectivity index (χ3v) is 3.91. The summed E-state index contributed by atoms with van der Waals surface area (Å²) in [4.78, 5) is 24.5. The highest BCUT2D eigenvalue weighted by molar-refractivity contribution is 7.19. The number of anilines is 1. The van der Waals surface area contributed by atoms with Crippen LogP contribution in [0.3, 0.4) is 0 Å². The summed E-state index contributed by atoms with van der Waals surface area (Å²) in [5, 5.41) is 3.27. The van der Waals surface area contributed by atoms with Gasteiger partial charge in [-0.2, -0.15) is 0 Å². The molecule has 0 spiro atoms. The van der Waals surface area contributed by atoms with Crippen molar-refractivity contribution in [1.29, 1.82) is 0 Å². The van der Waals surface area contributed by atoms with E-state index in [-0.39, 0.29) is 17.9 Å². The average Bonchev–Trinajstić information content (AvgIpc) is 2.64. The zero-order valence-corrected chi connectivity index (χ0v) is 10.3. The van der Waals surface area contributed by atoms with E-state index in [1.54, 1.807) is 6.07 Å². The number of rotatable bonds is 2. The van der Waals surface area contributed by atoms with Crippen LogP contribution in [0.2, 0.25) is 4.34 Å². The van der Waals surface area contributed by atoms with Crippen LogP contribution in [0.1, 0.15) is 12.8 Å². The number of likely N-dealkylation sites (N-methyl/N-ethyl adjacent to an activating group) is 1. The molecule has 2 rings (SSSR count). The topological polar surface area (TPSA) is 49.4 Å². The first-order valence-electron chi connectivity index (χ1n) is 4.90. The van der Waals surface area contributed by atoms with Crippen molar-refractivity contribution in [3.05, 3.63) is 16.5 Å². The van der Waals surface area contributed by atoms with Crippen LogP contribution in [0.5, 0.6) is 0 Å². The highest BCUT2D eigenvalue weighted by atomic mass is 35.5. The summed E-state index contributed by atoms with van der Waals surface area (Å²) in [5.41, 5.74) is 0. The van der Waals surface area contributed by atoms with Crippen molar-refractivity contribution >= 4 is 39.8 Å². The molecule has 1 aromatic heterocycles. The van der Waals surface area contributed by atoms with Gasteiger partial charge in [-0.1, -0.05) is 11.6 Å². The fourth-order valence-corrected chi connectivity index (χ4v) is 2.74. The lowest BCUT2D eigenvalue weighted by Crippen LogP contribution is -2.51. The zero-order chi connectivity index (χ0) is 11.7. The maximum Gasteiger partial charge on any atom is 0.249 e. The number of carbonyl (C=O) groups is 2. The lowest BCUT2D eigenvalue weighted by atomic mass is 10.1. The van der Waals surface area contributed by atoms with Crippen LogP contribution in [-0.4, -0.2) is 24.9 Å². The van der Waals surface area contributed by atoms with Gasteiger partial charge in [0, 0.05) is 13.5 Å². The molecule has 16 heavy (non-hydrogen) atoms. The van der Waals surface area contributed by atoms with E-state index in [9.17, 15) is 9.59 Å². The van der Waals surface area contributed by atoms with Gasteiger partial charge in [-0.25, -0.2) is 0 Å². The third kappa shape index (κ3) is 2.20. The molecular weight excluding hydrogens is 248 g/mol. The number of piperidine rings is 1. The number of hydrogen-bond acceptors (Lipinski definition) is 4. The van der Waals surface area contributed by atoms with Crippen LogP contribution in [0.25, 0.3) is 0 Å². The molecule has 1 aromatic rings. The highest BCUT2D eigenvalue weighted by Crippen LogP contribution is 2.31. The normalized spacial score (nSPS) is 20.8. The first-order valence-corrected chi connectivity index (χ1v) is 6.09. The van der Waals surface area contributed by atoms with E-state index in [0.29, 0.717) is 17.2 Å². The fourth-order valence-electron chi connectivity index (χ4n) is 1.70. The SMILES string of the molecule is CN(c1ccc(Cl)s1)C1CCC(=O)NC1=O. The Hall–Kier alpha value is -1.07. The van der Waals surface area contributed by atoms with Crippen molar-refractivity contribution < 1.29 is 9.59 Å². The van der Waals surface area contributed by atoms with E-state index < -0.39 is 0 Å². The summed E-state index contributed by atoms with van der Waals surface area (Å²) in [6.07, 6.45) is 0.941. The summed E-state index contributed by atoms with van der Waals surface area (Å²) in [6, 6.07) is 3.38. The largest absolute Gasteiger partial charge is 0.354 e. The predicted octanol–water partition coefficient (Wildman–Crippen LogP) is 1.64. The molecule has 1 aliphatic heterocycles. The van der Waals surface area contributed by atoms with Gasteiger partial charge in [-0.15, -0.1) is 11.3 Å². The summed E-state index contributed by atoms with van der Waals surface area (Å²) >= 11 is 7.26. The molecule has 0 aromatic carbocycles. The van der Waals surface area contributed by atoms with Gasteiger partial charge < -0.3 is 4.90 Å². The van der Waals surface area contributed by atoms with Crippen LogP contribution in [0, 0.1) is 0 Å². The summed E-state index contributed by atoms with van der Waals surface area (Å²) in [7, 11) is 1.84. The predicted molar refractivity (Wildman–Crippen MR) is 63.9 cm³/mol. The lowest BCUT2D eigenvalue weighted by molar-refractivity contribution is -0.134. The maximum absolute atomic E-state index is 11.6. The van der Waals surface area contributed by atoms with Gasteiger partial charge >= 0.3 is 0 Å². The number of carbonyl (C=O) groups excluding carboxylic acids is 2. The molecule has 1 atom stereocenters. The van der Waals surface area contributed by atoms with Crippen LogP contribution < -0.4 is 10.2 Å². The van der Waals surface area contributed by atoms with Gasteiger partial charge in [0.2, 0.25) is 11.8 Å². The van der Waals surface area contributed by atoms with Gasteiger partial charge in [-0.05, 0) is 18.6 Å². The Morgan fingerprint density at radius 3 is 2.81 bits per heavy atom. The molecular formula is C10H11ClN2O2S. The Balaban J connectivity index is 2.13. The minimum Gasteiger partial charge on any atom is -0.354 e. The summed E-state index contributed by atoms with van der Waals surface area (Å²) in [6.45, 7) is 0. The van der Waals surface area contributed by atoms with E-state index in [4.69, 9.17) is 11.6 Å². The Labute approximate surface area is 102 Å². The van der Waals surface area contributed by atoms with Crippen LogP contribution in [0.4, 0.5) is 5.00 Å². The monoisotopic (exact) mass is 258 g/mol. The summed E-state index contributed by atoms with van der Waals surface area (Å²) < 4.78 is 0.689. The quantitative estimate of drug-likeness (QED) is 0.821. The first-order chi connectivity index (χ1) is 7.58. The Kier molecular flexibility index (Phi) is 3.16. The molecule has 1 unspecified atom stereocenters. The molecule has 1 fully saturated rings. The van der Waals surface area contributed by atoms with E-state index in [1.165, 1.54) is 11.3 Å². The third-order valence-electron chi connectivity index (χ3n) is 2.58. The number of imide groups is 1.